The Labute approximate surface area is 110 Å². The van der Waals surface area contributed by atoms with Crippen molar-refractivity contribution < 1.29 is 4.74 Å². The highest BCUT2D eigenvalue weighted by atomic mass is 16.5. The molecule has 0 aliphatic heterocycles. The van der Waals surface area contributed by atoms with E-state index in [1.165, 1.54) is 0 Å². The van der Waals surface area contributed by atoms with Gasteiger partial charge in [0.2, 0.25) is 0 Å². The van der Waals surface area contributed by atoms with Gasteiger partial charge in [-0.15, -0.1) is 6.58 Å². The molecule has 0 aliphatic rings. The highest BCUT2D eigenvalue weighted by Crippen LogP contribution is 2.28. The van der Waals surface area contributed by atoms with Gasteiger partial charge < -0.3 is 15.4 Å². The fourth-order valence-electron chi connectivity index (χ4n) is 2.28. The summed E-state index contributed by atoms with van der Waals surface area (Å²) in [6.07, 6.45) is 0.762. The number of nitrogens with zero attached hydrogens (tertiary/aromatic N) is 1. The van der Waals surface area contributed by atoms with Gasteiger partial charge in [-0.05, 0) is 45.1 Å². The molecule has 2 N–H and O–H groups in total. The minimum atomic E-state index is -0.427. The summed E-state index contributed by atoms with van der Waals surface area (Å²) in [7, 11) is 5.72. The molecule has 0 aromatic heterocycles. The van der Waals surface area contributed by atoms with Crippen LogP contribution in [0.1, 0.15) is 18.9 Å². The monoisotopic (exact) mass is 248 g/mol. The van der Waals surface area contributed by atoms with Crippen LogP contribution in [0.25, 0.3) is 0 Å². The number of methoxy groups -OCH3 is 1. The largest absolute Gasteiger partial charge is 0.497 e. The highest BCUT2D eigenvalue weighted by molar-refractivity contribution is 5.34. The molecule has 3 nitrogen and oxygen atoms in total. The van der Waals surface area contributed by atoms with E-state index in [4.69, 9.17) is 10.5 Å². The molecule has 0 aliphatic carbocycles. The van der Waals surface area contributed by atoms with E-state index in [2.05, 4.69) is 17.5 Å². The van der Waals surface area contributed by atoms with Gasteiger partial charge in [0, 0.05) is 6.54 Å². The number of hydrogen-bond acceptors (Lipinski definition) is 3. The maximum absolute atomic E-state index is 6.59. The van der Waals surface area contributed by atoms with Crippen molar-refractivity contribution in [2.24, 2.45) is 5.73 Å². The van der Waals surface area contributed by atoms with Gasteiger partial charge in [0.1, 0.15) is 5.75 Å². The molecule has 0 amide bonds. The van der Waals surface area contributed by atoms with Crippen molar-refractivity contribution in [3.05, 3.63) is 42.0 Å². The fourth-order valence-corrected chi connectivity index (χ4v) is 2.28. The standard InChI is InChI=1S/C15H24N2O/c1-12(2)10-15(16,11-17(3)4)13-7-6-8-14(9-13)18-5/h6-9H,1,10-11,16H2,2-5H3. The Morgan fingerprint density at radius 2 is 2.11 bits per heavy atom. The van der Waals surface area contributed by atoms with Crippen molar-refractivity contribution in [1.29, 1.82) is 0 Å². The number of nitrogens with two attached hydrogens (primary N) is 1. The maximum atomic E-state index is 6.59. The van der Waals surface area contributed by atoms with Gasteiger partial charge in [-0.1, -0.05) is 17.7 Å². The molecule has 100 valence electrons. The highest BCUT2D eigenvalue weighted by Gasteiger charge is 2.28. The van der Waals surface area contributed by atoms with Gasteiger partial charge in [0.25, 0.3) is 0 Å². The summed E-state index contributed by atoms with van der Waals surface area (Å²) in [4.78, 5) is 2.10. The van der Waals surface area contributed by atoms with Crippen molar-refractivity contribution >= 4 is 0 Å². The number of benzene rings is 1. The second kappa shape index (κ2) is 6.03. The molecular weight excluding hydrogens is 224 g/mol. The van der Waals surface area contributed by atoms with Gasteiger partial charge in [-0.25, -0.2) is 0 Å². The third kappa shape index (κ3) is 3.86. The molecule has 0 fully saturated rings. The zero-order chi connectivity index (χ0) is 13.8. The van der Waals surface area contributed by atoms with Crippen LogP contribution in [0.2, 0.25) is 0 Å². The van der Waals surface area contributed by atoms with Crippen LogP contribution in [0.3, 0.4) is 0 Å². The number of rotatable bonds is 6. The van der Waals surface area contributed by atoms with Crippen LogP contribution in [0.4, 0.5) is 0 Å². The zero-order valence-corrected chi connectivity index (χ0v) is 11.9. The Morgan fingerprint density at radius 3 is 2.61 bits per heavy atom. The molecule has 3 heteroatoms. The van der Waals surface area contributed by atoms with Gasteiger partial charge in [0.05, 0.1) is 12.6 Å². The summed E-state index contributed by atoms with van der Waals surface area (Å²) in [5.41, 5.74) is 8.33. The van der Waals surface area contributed by atoms with Crippen LogP contribution < -0.4 is 10.5 Å². The smallest absolute Gasteiger partial charge is 0.119 e. The summed E-state index contributed by atoms with van der Waals surface area (Å²) in [5, 5.41) is 0. The topological polar surface area (TPSA) is 38.5 Å². The van der Waals surface area contributed by atoms with Crippen LogP contribution in [0.5, 0.6) is 5.75 Å². The molecule has 18 heavy (non-hydrogen) atoms. The van der Waals surface area contributed by atoms with Crippen LogP contribution in [-0.4, -0.2) is 32.6 Å². The van der Waals surface area contributed by atoms with Crippen LogP contribution in [-0.2, 0) is 5.54 Å². The van der Waals surface area contributed by atoms with Crippen molar-refractivity contribution in [3.8, 4) is 5.75 Å². The summed E-state index contributed by atoms with van der Waals surface area (Å²) >= 11 is 0. The normalized spacial score (nSPS) is 14.3. The average molecular weight is 248 g/mol. The zero-order valence-electron chi connectivity index (χ0n) is 11.9. The summed E-state index contributed by atoms with van der Waals surface area (Å²) in [6, 6.07) is 7.96. The molecule has 0 saturated heterocycles. The Kier molecular flexibility index (Phi) is 4.93. The molecular formula is C15H24N2O. The minimum Gasteiger partial charge on any atom is -0.497 e. The predicted octanol–water partition coefficient (Wildman–Crippen LogP) is 2.38. The van der Waals surface area contributed by atoms with Gasteiger partial charge >= 0.3 is 0 Å². The Balaban J connectivity index is 3.11. The SMILES string of the molecule is C=C(C)CC(N)(CN(C)C)c1cccc(OC)c1. The molecule has 1 aromatic rings. The van der Waals surface area contributed by atoms with Crippen molar-refractivity contribution in [2.45, 2.75) is 18.9 Å². The van der Waals surface area contributed by atoms with Crippen LogP contribution >= 0.6 is 0 Å². The van der Waals surface area contributed by atoms with Crippen molar-refractivity contribution in [2.75, 3.05) is 27.7 Å². The van der Waals surface area contributed by atoms with E-state index in [0.717, 1.165) is 29.9 Å². The lowest BCUT2D eigenvalue weighted by atomic mass is 9.84. The summed E-state index contributed by atoms with van der Waals surface area (Å²) in [5.74, 6) is 0.836. The number of likely N-dealkylation sites (N-methyl/N-ethyl adjacent to an activating group) is 1. The Hall–Kier alpha value is -1.32. The van der Waals surface area contributed by atoms with Crippen molar-refractivity contribution in [3.63, 3.8) is 0 Å². The van der Waals surface area contributed by atoms with E-state index in [1.54, 1.807) is 7.11 Å². The van der Waals surface area contributed by atoms with Gasteiger partial charge in [-0.2, -0.15) is 0 Å². The van der Waals surface area contributed by atoms with Crippen LogP contribution in [0.15, 0.2) is 36.4 Å². The second-order valence-corrected chi connectivity index (χ2v) is 5.26. The lowest BCUT2D eigenvalue weighted by molar-refractivity contribution is 0.282. The lowest BCUT2D eigenvalue weighted by Gasteiger charge is -2.33. The average Bonchev–Trinajstić information content (AvgIpc) is 2.27. The van der Waals surface area contributed by atoms with Crippen LogP contribution in [0, 0.1) is 0 Å². The molecule has 0 bridgehead atoms. The first-order chi connectivity index (χ1) is 8.37. The predicted molar refractivity (Wildman–Crippen MR) is 76.8 cm³/mol. The van der Waals surface area contributed by atoms with E-state index in [1.807, 2.05) is 39.2 Å². The molecule has 0 saturated carbocycles. The Morgan fingerprint density at radius 1 is 1.44 bits per heavy atom. The number of ether oxygens (including phenoxy) is 1. The van der Waals surface area contributed by atoms with Gasteiger partial charge in [-0.3, -0.25) is 0 Å². The molecule has 1 rings (SSSR count). The first-order valence-corrected chi connectivity index (χ1v) is 6.10. The quantitative estimate of drug-likeness (QED) is 0.786. The first-order valence-electron chi connectivity index (χ1n) is 6.10. The van der Waals surface area contributed by atoms with E-state index in [0.29, 0.717) is 0 Å². The first kappa shape index (κ1) is 14.7. The molecule has 1 atom stereocenters. The number of hydrogen-bond donors (Lipinski definition) is 1. The second-order valence-electron chi connectivity index (χ2n) is 5.26. The van der Waals surface area contributed by atoms with Crippen molar-refractivity contribution in [1.82, 2.24) is 4.90 Å². The summed E-state index contributed by atoms with van der Waals surface area (Å²) in [6.45, 7) is 6.77. The van der Waals surface area contributed by atoms with E-state index < -0.39 is 5.54 Å². The van der Waals surface area contributed by atoms with E-state index in [-0.39, 0.29) is 0 Å². The molecule has 0 heterocycles. The third-order valence-corrected chi connectivity index (χ3v) is 2.86. The molecule has 0 spiro atoms. The molecule has 0 radical (unpaired) electrons. The van der Waals surface area contributed by atoms with E-state index in [9.17, 15) is 0 Å². The molecule has 1 aromatic carbocycles. The van der Waals surface area contributed by atoms with E-state index >= 15 is 0 Å². The third-order valence-electron chi connectivity index (χ3n) is 2.86. The summed E-state index contributed by atoms with van der Waals surface area (Å²) < 4.78 is 5.27. The van der Waals surface area contributed by atoms with Gasteiger partial charge in [0.15, 0.2) is 0 Å². The minimum absolute atomic E-state index is 0.427. The lowest BCUT2D eigenvalue weighted by Crippen LogP contribution is -2.45. The molecule has 1 unspecified atom stereocenters. The Bertz CT molecular complexity index is 415. The fraction of sp³-hybridized carbons (Fsp3) is 0.467. The maximum Gasteiger partial charge on any atom is 0.119 e.